The van der Waals surface area contributed by atoms with Gasteiger partial charge in [0.15, 0.2) is 0 Å². The molecule has 0 saturated heterocycles. The van der Waals surface area contributed by atoms with E-state index in [1.54, 1.807) is 19.2 Å². The van der Waals surface area contributed by atoms with Crippen LogP contribution in [0.3, 0.4) is 0 Å². The van der Waals surface area contributed by atoms with Gasteiger partial charge < -0.3 is 10.1 Å². The van der Waals surface area contributed by atoms with Crippen molar-refractivity contribution in [1.82, 2.24) is 5.32 Å². The normalized spacial score (nSPS) is 12.6. The van der Waals surface area contributed by atoms with E-state index in [4.69, 9.17) is 16.3 Å². The van der Waals surface area contributed by atoms with Crippen molar-refractivity contribution in [3.8, 4) is 0 Å². The van der Waals surface area contributed by atoms with Crippen molar-refractivity contribution < 1.29 is 8.95 Å². The Morgan fingerprint density at radius 1 is 1.29 bits per heavy atom. The molecule has 0 aromatic heterocycles. The maximum Gasteiger partial charge on any atom is 0.0587 e. The van der Waals surface area contributed by atoms with E-state index >= 15 is 0 Å². The van der Waals surface area contributed by atoms with Crippen LogP contribution in [0.4, 0.5) is 0 Å². The lowest BCUT2D eigenvalue weighted by atomic mass is 10.4. The maximum absolute atomic E-state index is 11.9. The number of benzene rings is 1. The van der Waals surface area contributed by atoms with E-state index in [-0.39, 0.29) is 0 Å². The average molecular weight is 276 g/mol. The van der Waals surface area contributed by atoms with Crippen LogP contribution in [0.15, 0.2) is 29.2 Å². The van der Waals surface area contributed by atoms with Crippen LogP contribution < -0.4 is 5.32 Å². The van der Waals surface area contributed by atoms with Gasteiger partial charge in [0, 0.05) is 29.3 Å². The van der Waals surface area contributed by atoms with Crippen LogP contribution in [-0.2, 0) is 15.5 Å². The lowest BCUT2D eigenvalue weighted by molar-refractivity contribution is 0.199. The molecule has 96 valence electrons. The van der Waals surface area contributed by atoms with Crippen molar-refractivity contribution in [1.29, 1.82) is 0 Å². The van der Waals surface area contributed by atoms with Gasteiger partial charge in [-0.15, -0.1) is 0 Å². The number of halogens is 1. The molecule has 0 amide bonds. The van der Waals surface area contributed by atoms with E-state index in [0.29, 0.717) is 17.4 Å². The highest BCUT2D eigenvalue weighted by atomic mass is 35.5. The van der Waals surface area contributed by atoms with Gasteiger partial charge in [-0.25, -0.2) is 0 Å². The standard InChI is InChI=1S/C12H18ClNO2S/c1-16-9-8-14-7-2-10-17(15)12-5-3-11(13)4-6-12/h3-6,14H,2,7-10H2,1H3. The molecule has 0 bridgehead atoms. The van der Waals surface area contributed by atoms with Crippen LogP contribution in [0.2, 0.25) is 5.02 Å². The monoisotopic (exact) mass is 275 g/mol. The van der Waals surface area contributed by atoms with Crippen LogP contribution in [0.1, 0.15) is 6.42 Å². The predicted octanol–water partition coefficient (Wildman–Crippen LogP) is 2.07. The zero-order valence-electron chi connectivity index (χ0n) is 9.95. The van der Waals surface area contributed by atoms with Gasteiger partial charge in [-0.2, -0.15) is 0 Å². The Hall–Kier alpha value is -0.420. The summed E-state index contributed by atoms with van der Waals surface area (Å²) in [6, 6.07) is 7.17. The summed E-state index contributed by atoms with van der Waals surface area (Å²) in [5, 5.41) is 3.89. The summed E-state index contributed by atoms with van der Waals surface area (Å²) in [5.41, 5.74) is 0. The molecule has 1 unspecified atom stereocenters. The van der Waals surface area contributed by atoms with Gasteiger partial charge in [0.1, 0.15) is 0 Å². The number of ether oxygens (including phenoxy) is 1. The Bertz CT molecular complexity index is 343. The van der Waals surface area contributed by atoms with Gasteiger partial charge in [0.2, 0.25) is 0 Å². The minimum atomic E-state index is -0.929. The van der Waals surface area contributed by atoms with E-state index in [9.17, 15) is 4.21 Å². The Kier molecular flexibility index (Phi) is 7.44. The van der Waals surface area contributed by atoms with Crippen molar-refractivity contribution in [2.45, 2.75) is 11.3 Å². The zero-order valence-corrected chi connectivity index (χ0v) is 11.5. The van der Waals surface area contributed by atoms with Crippen LogP contribution >= 0.6 is 11.6 Å². The van der Waals surface area contributed by atoms with Crippen molar-refractivity contribution in [2.24, 2.45) is 0 Å². The van der Waals surface area contributed by atoms with Gasteiger partial charge in [-0.05, 0) is 37.2 Å². The summed E-state index contributed by atoms with van der Waals surface area (Å²) < 4.78 is 16.8. The van der Waals surface area contributed by atoms with Gasteiger partial charge >= 0.3 is 0 Å². The van der Waals surface area contributed by atoms with E-state index in [0.717, 1.165) is 24.4 Å². The molecule has 0 fully saturated rings. The third-order valence-corrected chi connectivity index (χ3v) is 3.95. The molecule has 0 radical (unpaired) electrons. The lowest BCUT2D eigenvalue weighted by Gasteiger charge is -2.04. The molecular formula is C12H18ClNO2S. The first-order chi connectivity index (χ1) is 8.24. The third kappa shape index (κ3) is 6.17. The predicted molar refractivity (Wildman–Crippen MR) is 72.1 cm³/mol. The molecule has 5 heteroatoms. The van der Waals surface area contributed by atoms with E-state index < -0.39 is 10.8 Å². The molecule has 0 saturated carbocycles. The van der Waals surface area contributed by atoms with Gasteiger partial charge in [-0.3, -0.25) is 4.21 Å². The Balaban J connectivity index is 2.19. The number of nitrogens with one attached hydrogen (secondary N) is 1. The minimum Gasteiger partial charge on any atom is -0.383 e. The van der Waals surface area contributed by atoms with Crippen molar-refractivity contribution >= 4 is 22.4 Å². The summed E-state index contributed by atoms with van der Waals surface area (Å²) in [6.07, 6.45) is 0.888. The second-order valence-corrected chi connectivity index (χ2v) is 5.61. The van der Waals surface area contributed by atoms with E-state index in [1.807, 2.05) is 12.1 Å². The number of hydrogen-bond donors (Lipinski definition) is 1. The molecule has 0 aliphatic heterocycles. The topological polar surface area (TPSA) is 38.3 Å². The van der Waals surface area contributed by atoms with Gasteiger partial charge in [-0.1, -0.05) is 11.6 Å². The van der Waals surface area contributed by atoms with E-state index in [2.05, 4.69) is 5.32 Å². The molecular weight excluding hydrogens is 258 g/mol. The van der Waals surface area contributed by atoms with Gasteiger partial charge in [0.05, 0.1) is 17.4 Å². The molecule has 0 spiro atoms. The molecule has 17 heavy (non-hydrogen) atoms. The SMILES string of the molecule is COCCNCCCS(=O)c1ccc(Cl)cc1. The molecule has 3 nitrogen and oxygen atoms in total. The highest BCUT2D eigenvalue weighted by Crippen LogP contribution is 2.13. The van der Waals surface area contributed by atoms with Gasteiger partial charge in [0.25, 0.3) is 0 Å². The zero-order chi connectivity index (χ0) is 12.5. The maximum atomic E-state index is 11.9. The quantitative estimate of drug-likeness (QED) is 0.738. The first-order valence-corrected chi connectivity index (χ1v) is 7.27. The Labute approximate surface area is 110 Å². The second kappa shape index (κ2) is 8.64. The Morgan fingerprint density at radius 2 is 2.00 bits per heavy atom. The largest absolute Gasteiger partial charge is 0.383 e. The number of methoxy groups -OCH3 is 1. The highest BCUT2D eigenvalue weighted by molar-refractivity contribution is 7.85. The molecule has 1 rings (SSSR count). The Morgan fingerprint density at radius 3 is 2.65 bits per heavy atom. The first-order valence-electron chi connectivity index (χ1n) is 5.57. The van der Waals surface area contributed by atoms with Crippen LogP contribution in [0.5, 0.6) is 0 Å². The van der Waals surface area contributed by atoms with Crippen molar-refractivity contribution in [2.75, 3.05) is 32.6 Å². The molecule has 0 aliphatic rings. The fourth-order valence-electron chi connectivity index (χ4n) is 1.33. The molecule has 0 aliphatic carbocycles. The average Bonchev–Trinajstić information content (AvgIpc) is 2.34. The van der Waals surface area contributed by atoms with Crippen molar-refractivity contribution in [3.05, 3.63) is 29.3 Å². The van der Waals surface area contributed by atoms with E-state index in [1.165, 1.54) is 0 Å². The molecule has 1 aromatic carbocycles. The minimum absolute atomic E-state index is 0.668. The number of rotatable bonds is 8. The summed E-state index contributed by atoms with van der Waals surface area (Å²) in [4.78, 5) is 0.839. The van der Waals surface area contributed by atoms with Crippen LogP contribution in [-0.4, -0.2) is 36.8 Å². The summed E-state index contributed by atoms with van der Waals surface area (Å²) >= 11 is 5.77. The smallest absolute Gasteiger partial charge is 0.0587 e. The lowest BCUT2D eigenvalue weighted by Crippen LogP contribution is -2.21. The first kappa shape index (κ1) is 14.6. The molecule has 1 aromatic rings. The summed E-state index contributed by atoms with van der Waals surface area (Å²) in [5.74, 6) is 0.668. The molecule has 0 heterocycles. The van der Waals surface area contributed by atoms with Crippen molar-refractivity contribution in [3.63, 3.8) is 0 Å². The van der Waals surface area contributed by atoms with Crippen LogP contribution in [0, 0.1) is 0 Å². The third-order valence-electron chi connectivity index (χ3n) is 2.24. The fourth-order valence-corrected chi connectivity index (χ4v) is 2.54. The summed E-state index contributed by atoms with van der Waals surface area (Å²) in [7, 11) is 0.749. The number of hydrogen-bond acceptors (Lipinski definition) is 3. The second-order valence-electron chi connectivity index (χ2n) is 3.60. The molecule has 1 atom stereocenters. The van der Waals surface area contributed by atoms with Crippen LogP contribution in [0.25, 0.3) is 0 Å². The molecule has 1 N–H and O–H groups in total. The fraction of sp³-hybridized carbons (Fsp3) is 0.500. The highest BCUT2D eigenvalue weighted by Gasteiger charge is 2.02. The summed E-state index contributed by atoms with van der Waals surface area (Å²) in [6.45, 7) is 2.41.